The van der Waals surface area contributed by atoms with Crippen LogP contribution < -0.4 is 5.32 Å². The van der Waals surface area contributed by atoms with E-state index in [1.807, 2.05) is 0 Å². The summed E-state index contributed by atoms with van der Waals surface area (Å²) < 4.78 is 0. The molecule has 1 heterocycles. The average Bonchev–Trinajstić information content (AvgIpc) is 2.39. The minimum Gasteiger partial charge on any atom is -0.349 e. The third kappa shape index (κ3) is 3.47. The van der Waals surface area contributed by atoms with Gasteiger partial charge in [-0.05, 0) is 36.8 Å². The van der Waals surface area contributed by atoms with Crippen molar-refractivity contribution >= 4 is 17.5 Å². The van der Waals surface area contributed by atoms with E-state index < -0.39 is 0 Å². The molecule has 0 radical (unpaired) electrons. The van der Waals surface area contributed by atoms with E-state index in [0.717, 1.165) is 6.42 Å². The number of carbonyl (C=O) groups excluding carboxylic acids is 1. The smallest absolute Gasteiger partial charge is 0.254 e. The second-order valence-corrected chi connectivity index (χ2v) is 5.97. The molecule has 4 heteroatoms. The van der Waals surface area contributed by atoms with Gasteiger partial charge >= 0.3 is 0 Å². The van der Waals surface area contributed by atoms with Crippen LogP contribution >= 0.6 is 11.6 Å². The van der Waals surface area contributed by atoms with E-state index in [0.29, 0.717) is 17.4 Å². The molecule has 1 aromatic rings. The van der Waals surface area contributed by atoms with Crippen molar-refractivity contribution in [2.24, 2.45) is 11.8 Å². The van der Waals surface area contributed by atoms with Crippen LogP contribution in [-0.4, -0.2) is 16.9 Å². The van der Waals surface area contributed by atoms with E-state index in [1.54, 1.807) is 18.3 Å². The molecule has 0 aromatic carbocycles. The monoisotopic (exact) mass is 280 g/mol. The lowest BCUT2D eigenvalue weighted by Crippen LogP contribution is -2.44. The fourth-order valence-electron chi connectivity index (χ4n) is 2.94. The Bertz CT molecular complexity index is 448. The van der Waals surface area contributed by atoms with Gasteiger partial charge in [0.05, 0.1) is 5.56 Å². The third-order valence-electron chi connectivity index (χ3n) is 4.00. The summed E-state index contributed by atoms with van der Waals surface area (Å²) >= 11 is 5.96. The molecule has 104 valence electrons. The zero-order valence-corrected chi connectivity index (χ0v) is 12.3. The molecule has 3 nitrogen and oxygen atoms in total. The lowest BCUT2D eigenvalue weighted by Gasteiger charge is -2.34. The Morgan fingerprint density at radius 1 is 1.42 bits per heavy atom. The summed E-state index contributed by atoms with van der Waals surface area (Å²) in [5.74, 6) is 1.05. The highest BCUT2D eigenvalue weighted by atomic mass is 35.5. The van der Waals surface area contributed by atoms with Crippen LogP contribution in [0.25, 0.3) is 0 Å². The summed E-state index contributed by atoms with van der Waals surface area (Å²) in [4.78, 5) is 16.2. The van der Waals surface area contributed by atoms with E-state index in [9.17, 15) is 4.79 Å². The molecule has 0 saturated heterocycles. The molecule has 1 N–H and O–H groups in total. The van der Waals surface area contributed by atoms with Crippen LogP contribution in [0.1, 0.15) is 49.9 Å². The van der Waals surface area contributed by atoms with Crippen LogP contribution in [-0.2, 0) is 0 Å². The molecule has 0 unspecified atom stereocenters. The van der Waals surface area contributed by atoms with Crippen molar-refractivity contribution in [1.82, 2.24) is 10.3 Å². The third-order valence-corrected chi connectivity index (χ3v) is 4.30. The van der Waals surface area contributed by atoms with Crippen LogP contribution in [0.15, 0.2) is 18.3 Å². The first kappa shape index (κ1) is 14.3. The van der Waals surface area contributed by atoms with Crippen LogP contribution in [0, 0.1) is 11.8 Å². The van der Waals surface area contributed by atoms with Crippen LogP contribution in [0.5, 0.6) is 0 Å². The van der Waals surface area contributed by atoms with Gasteiger partial charge in [0.25, 0.3) is 5.91 Å². The molecule has 2 rings (SSSR count). The van der Waals surface area contributed by atoms with E-state index in [4.69, 9.17) is 11.6 Å². The number of pyridine rings is 1. The first-order valence-corrected chi connectivity index (χ1v) is 7.38. The number of hydrogen-bond acceptors (Lipinski definition) is 2. The number of amides is 1. The average molecular weight is 281 g/mol. The number of carbonyl (C=O) groups is 1. The van der Waals surface area contributed by atoms with Crippen molar-refractivity contribution in [2.45, 2.75) is 45.6 Å². The Balaban J connectivity index is 2.07. The first-order valence-electron chi connectivity index (χ1n) is 7.01. The molecule has 19 heavy (non-hydrogen) atoms. The van der Waals surface area contributed by atoms with Crippen molar-refractivity contribution < 1.29 is 4.79 Å². The number of nitrogens with one attached hydrogen (secondary N) is 1. The molecular weight excluding hydrogens is 260 g/mol. The SMILES string of the molecule is CC(C)[C@@H]1CCCC[C@H]1NC(=O)c1cccnc1Cl. The van der Waals surface area contributed by atoms with Crippen LogP contribution in [0.4, 0.5) is 0 Å². The summed E-state index contributed by atoms with van der Waals surface area (Å²) in [5, 5.41) is 3.42. The van der Waals surface area contributed by atoms with Gasteiger partial charge in [-0.15, -0.1) is 0 Å². The number of hydrogen-bond donors (Lipinski definition) is 1. The highest BCUT2D eigenvalue weighted by molar-refractivity contribution is 6.32. The molecule has 1 aliphatic rings. The molecule has 1 fully saturated rings. The number of halogens is 1. The standard InChI is InChI=1S/C15H21ClN2O/c1-10(2)11-6-3-4-8-13(11)18-15(19)12-7-5-9-17-14(12)16/h5,7,9-11,13H,3-4,6,8H2,1-2H3,(H,18,19)/t11-,13+/m0/s1. The van der Waals surface area contributed by atoms with Gasteiger partial charge in [0.2, 0.25) is 0 Å². The second-order valence-electron chi connectivity index (χ2n) is 5.61. The predicted molar refractivity (Wildman–Crippen MR) is 77.3 cm³/mol. The van der Waals surface area contributed by atoms with Gasteiger partial charge in [0, 0.05) is 12.2 Å². The van der Waals surface area contributed by atoms with E-state index in [2.05, 4.69) is 24.1 Å². The quantitative estimate of drug-likeness (QED) is 0.858. The minimum absolute atomic E-state index is 0.101. The maximum absolute atomic E-state index is 12.3. The van der Waals surface area contributed by atoms with Gasteiger partial charge in [-0.2, -0.15) is 0 Å². The molecular formula is C15H21ClN2O. The molecule has 1 amide bonds. The Morgan fingerprint density at radius 3 is 2.84 bits per heavy atom. The summed E-state index contributed by atoms with van der Waals surface area (Å²) in [6.07, 6.45) is 6.31. The van der Waals surface area contributed by atoms with Crippen molar-refractivity contribution in [3.63, 3.8) is 0 Å². The molecule has 2 atom stereocenters. The lowest BCUT2D eigenvalue weighted by atomic mass is 9.78. The van der Waals surface area contributed by atoms with Gasteiger partial charge in [-0.25, -0.2) is 4.98 Å². The van der Waals surface area contributed by atoms with Gasteiger partial charge < -0.3 is 5.32 Å². The van der Waals surface area contributed by atoms with Gasteiger partial charge in [-0.3, -0.25) is 4.79 Å². The second kappa shape index (κ2) is 6.38. The molecule has 0 aliphatic heterocycles. The maximum Gasteiger partial charge on any atom is 0.254 e. The fraction of sp³-hybridized carbons (Fsp3) is 0.600. The Labute approximate surface area is 119 Å². The largest absolute Gasteiger partial charge is 0.349 e. The normalized spacial score (nSPS) is 23.4. The highest BCUT2D eigenvalue weighted by Crippen LogP contribution is 2.30. The Hall–Kier alpha value is -1.09. The Kier molecular flexibility index (Phi) is 4.81. The molecule has 1 aliphatic carbocycles. The van der Waals surface area contributed by atoms with Crippen molar-refractivity contribution in [3.05, 3.63) is 29.0 Å². The lowest BCUT2D eigenvalue weighted by molar-refractivity contribution is 0.0889. The van der Waals surface area contributed by atoms with Crippen molar-refractivity contribution in [1.29, 1.82) is 0 Å². The topological polar surface area (TPSA) is 42.0 Å². The van der Waals surface area contributed by atoms with Crippen molar-refractivity contribution in [2.75, 3.05) is 0 Å². The van der Waals surface area contributed by atoms with E-state index in [1.165, 1.54) is 19.3 Å². The fourth-order valence-corrected chi connectivity index (χ4v) is 3.14. The highest BCUT2D eigenvalue weighted by Gasteiger charge is 2.29. The zero-order valence-electron chi connectivity index (χ0n) is 11.5. The zero-order chi connectivity index (χ0) is 13.8. The molecule has 1 aromatic heterocycles. The number of nitrogens with zero attached hydrogens (tertiary/aromatic N) is 1. The van der Waals surface area contributed by atoms with Crippen LogP contribution in [0.2, 0.25) is 5.15 Å². The van der Waals surface area contributed by atoms with Crippen LogP contribution in [0.3, 0.4) is 0 Å². The van der Waals surface area contributed by atoms with Gasteiger partial charge in [0.15, 0.2) is 0 Å². The maximum atomic E-state index is 12.3. The van der Waals surface area contributed by atoms with E-state index in [-0.39, 0.29) is 17.1 Å². The molecule has 1 saturated carbocycles. The van der Waals surface area contributed by atoms with Gasteiger partial charge in [-0.1, -0.05) is 38.3 Å². The predicted octanol–water partition coefficient (Wildman–Crippen LogP) is 3.68. The first-order chi connectivity index (χ1) is 9.09. The minimum atomic E-state index is -0.101. The van der Waals surface area contributed by atoms with Crippen molar-refractivity contribution in [3.8, 4) is 0 Å². The summed E-state index contributed by atoms with van der Waals surface area (Å²) in [6, 6.07) is 3.72. The summed E-state index contributed by atoms with van der Waals surface area (Å²) in [7, 11) is 0. The summed E-state index contributed by atoms with van der Waals surface area (Å²) in [6.45, 7) is 4.46. The van der Waals surface area contributed by atoms with E-state index >= 15 is 0 Å². The number of rotatable bonds is 3. The Morgan fingerprint density at radius 2 is 2.16 bits per heavy atom. The summed E-state index contributed by atoms with van der Waals surface area (Å²) in [5.41, 5.74) is 0.470. The van der Waals surface area contributed by atoms with Gasteiger partial charge in [0.1, 0.15) is 5.15 Å². The number of aromatic nitrogens is 1. The molecule has 0 bridgehead atoms. The molecule has 0 spiro atoms.